The number of carbonyl (C=O) groups is 1. The van der Waals surface area contributed by atoms with Crippen molar-refractivity contribution < 1.29 is 9.32 Å². The second-order valence-electron chi connectivity index (χ2n) is 10.1. The molecule has 1 atom stereocenters. The molecule has 2 N–H and O–H groups in total. The number of carbonyl (C=O) groups excluding carboxylic acids is 1. The van der Waals surface area contributed by atoms with Gasteiger partial charge in [0.25, 0.3) is 5.89 Å². The summed E-state index contributed by atoms with van der Waals surface area (Å²) in [5.41, 5.74) is 8.81. The van der Waals surface area contributed by atoms with Gasteiger partial charge in [-0.25, -0.2) is 19.9 Å². The molecule has 194 valence electrons. The zero-order chi connectivity index (χ0) is 26.3. The molecule has 1 amide bonds. The first-order valence-corrected chi connectivity index (χ1v) is 12.8. The Morgan fingerprint density at radius 3 is 2.26 bits per heavy atom. The lowest BCUT2D eigenvalue weighted by molar-refractivity contribution is -0.129. The number of amides is 1. The maximum atomic E-state index is 11.6. The molecule has 1 saturated heterocycles. The summed E-state index contributed by atoms with van der Waals surface area (Å²) >= 11 is 0. The number of aromatic nitrogens is 6. The van der Waals surface area contributed by atoms with Crippen molar-refractivity contribution in [3.63, 3.8) is 0 Å². The van der Waals surface area contributed by atoms with Gasteiger partial charge >= 0.3 is 0 Å². The predicted octanol–water partition coefficient (Wildman–Crippen LogP) is 2.95. The van der Waals surface area contributed by atoms with Crippen molar-refractivity contribution in [3.8, 4) is 22.7 Å². The van der Waals surface area contributed by atoms with Gasteiger partial charge in [-0.1, -0.05) is 29.4 Å². The molecule has 1 saturated carbocycles. The molecule has 38 heavy (non-hydrogen) atoms. The van der Waals surface area contributed by atoms with Gasteiger partial charge in [0.05, 0.1) is 17.8 Å². The zero-order valence-corrected chi connectivity index (χ0v) is 21.4. The van der Waals surface area contributed by atoms with Gasteiger partial charge in [0, 0.05) is 51.1 Å². The summed E-state index contributed by atoms with van der Waals surface area (Å²) in [7, 11) is 0. The third kappa shape index (κ3) is 4.44. The van der Waals surface area contributed by atoms with E-state index in [4.69, 9.17) is 15.2 Å². The van der Waals surface area contributed by atoms with Crippen LogP contribution in [0.1, 0.15) is 38.1 Å². The molecule has 4 heterocycles. The Morgan fingerprint density at radius 2 is 1.66 bits per heavy atom. The first-order valence-electron chi connectivity index (χ1n) is 12.8. The molecule has 0 bridgehead atoms. The van der Waals surface area contributed by atoms with Gasteiger partial charge in [-0.15, -0.1) is 0 Å². The molecule has 0 spiro atoms. The van der Waals surface area contributed by atoms with E-state index in [9.17, 15) is 4.79 Å². The van der Waals surface area contributed by atoms with Gasteiger partial charge in [-0.05, 0) is 36.8 Å². The highest BCUT2D eigenvalue weighted by molar-refractivity contribution is 5.73. The van der Waals surface area contributed by atoms with E-state index in [0.717, 1.165) is 48.4 Å². The van der Waals surface area contributed by atoms with E-state index >= 15 is 0 Å². The topological polar surface area (TPSA) is 140 Å². The van der Waals surface area contributed by atoms with Crippen LogP contribution in [0.5, 0.6) is 0 Å². The molecule has 11 nitrogen and oxygen atoms in total. The molecule has 4 aromatic rings. The molecule has 1 aliphatic heterocycles. The molecule has 1 unspecified atom stereocenters. The molecule has 6 rings (SSSR count). The Kier molecular flexibility index (Phi) is 5.97. The number of hydrogen-bond acceptors (Lipinski definition) is 10. The third-order valence-electron chi connectivity index (χ3n) is 7.68. The van der Waals surface area contributed by atoms with Crippen LogP contribution in [-0.2, 0) is 10.2 Å². The maximum Gasteiger partial charge on any atom is 0.278 e. The van der Waals surface area contributed by atoms with Crippen LogP contribution in [0, 0.1) is 5.92 Å². The highest BCUT2D eigenvalue weighted by atomic mass is 16.5. The summed E-state index contributed by atoms with van der Waals surface area (Å²) < 4.78 is 5.68. The Labute approximate surface area is 220 Å². The molecule has 1 aromatic carbocycles. The number of anilines is 2. The highest BCUT2D eigenvalue weighted by Crippen LogP contribution is 2.50. The average Bonchev–Trinajstić information content (AvgIpc) is 3.70. The Morgan fingerprint density at radius 1 is 0.947 bits per heavy atom. The number of nitrogens with two attached hydrogens (primary N) is 1. The first-order chi connectivity index (χ1) is 18.4. The van der Waals surface area contributed by atoms with E-state index in [1.54, 1.807) is 31.7 Å². The van der Waals surface area contributed by atoms with E-state index < -0.39 is 0 Å². The van der Waals surface area contributed by atoms with Crippen molar-refractivity contribution >= 4 is 17.7 Å². The number of nitrogens with zero attached hydrogens (tertiary/aromatic N) is 8. The maximum absolute atomic E-state index is 11.6. The lowest BCUT2D eigenvalue weighted by atomic mass is 9.77. The number of hydrogen-bond donors (Lipinski definition) is 1. The van der Waals surface area contributed by atoms with Crippen molar-refractivity contribution in [2.45, 2.75) is 32.1 Å². The summed E-state index contributed by atoms with van der Waals surface area (Å²) in [6, 6.07) is 8.35. The molecule has 2 aliphatic rings. The predicted molar refractivity (Wildman–Crippen MR) is 141 cm³/mol. The van der Waals surface area contributed by atoms with Crippen molar-refractivity contribution in [1.29, 1.82) is 0 Å². The Balaban J connectivity index is 1.21. The minimum Gasteiger partial charge on any atom is -0.368 e. The normalized spacial score (nSPS) is 17.3. The number of benzene rings is 1. The van der Waals surface area contributed by atoms with E-state index in [1.165, 1.54) is 0 Å². The molecule has 11 heteroatoms. The minimum atomic E-state index is -0.387. The van der Waals surface area contributed by atoms with Gasteiger partial charge in [-0.2, -0.15) is 4.98 Å². The van der Waals surface area contributed by atoms with Crippen LogP contribution in [-0.4, -0.2) is 67.1 Å². The van der Waals surface area contributed by atoms with Gasteiger partial charge in [0.1, 0.15) is 11.5 Å². The molecular formula is C27H29N9O2. The molecule has 1 aliphatic carbocycles. The Bertz CT molecular complexity index is 1420. The number of rotatable bonds is 6. The van der Waals surface area contributed by atoms with Crippen LogP contribution in [0.4, 0.5) is 11.8 Å². The standard InChI is InChI=1S/C27H29N9O2/c1-17(37)35-9-11-36(12-10-35)23-16-29-22(15-30-23)24-33-25(34-38-24)27(2,21-7-8-21)20-5-3-18(4-6-20)19-13-31-26(28)32-14-19/h3-6,13-16,21H,7-12H2,1-2H3,(H2,28,31,32). The summed E-state index contributed by atoms with van der Waals surface area (Å²) in [5.74, 6) is 2.55. The second-order valence-corrected chi connectivity index (χ2v) is 10.1. The van der Waals surface area contributed by atoms with Crippen LogP contribution < -0.4 is 10.6 Å². The van der Waals surface area contributed by atoms with E-state index in [1.807, 2.05) is 4.90 Å². The molecular weight excluding hydrogens is 482 g/mol. The van der Waals surface area contributed by atoms with E-state index in [0.29, 0.717) is 36.4 Å². The monoisotopic (exact) mass is 511 g/mol. The fourth-order valence-corrected chi connectivity index (χ4v) is 5.09. The molecule has 3 aromatic heterocycles. The van der Waals surface area contributed by atoms with Gasteiger partial charge < -0.3 is 20.1 Å². The van der Waals surface area contributed by atoms with Crippen LogP contribution in [0.2, 0.25) is 0 Å². The van der Waals surface area contributed by atoms with E-state index in [-0.39, 0.29) is 17.3 Å². The van der Waals surface area contributed by atoms with Crippen LogP contribution in [0.3, 0.4) is 0 Å². The summed E-state index contributed by atoms with van der Waals surface area (Å²) in [6.45, 7) is 6.59. The minimum absolute atomic E-state index is 0.101. The largest absolute Gasteiger partial charge is 0.368 e. The highest BCUT2D eigenvalue weighted by Gasteiger charge is 2.47. The summed E-state index contributed by atoms with van der Waals surface area (Å²) in [5, 5.41) is 4.39. The van der Waals surface area contributed by atoms with Crippen molar-refractivity contribution in [3.05, 3.63) is 60.4 Å². The van der Waals surface area contributed by atoms with Crippen LogP contribution >= 0.6 is 0 Å². The van der Waals surface area contributed by atoms with Crippen molar-refractivity contribution in [2.75, 3.05) is 36.8 Å². The van der Waals surface area contributed by atoms with Gasteiger partial charge in [-0.3, -0.25) is 4.79 Å². The lowest BCUT2D eigenvalue weighted by Crippen LogP contribution is -2.48. The van der Waals surface area contributed by atoms with E-state index in [2.05, 4.69) is 61.2 Å². The molecule has 0 radical (unpaired) electrons. The second kappa shape index (κ2) is 9.47. The SMILES string of the molecule is CC(=O)N1CCN(c2cnc(-c3nc(C(C)(c4ccc(-c5cnc(N)nc5)cc4)C4CC4)no3)cn2)CC1. The summed E-state index contributed by atoms with van der Waals surface area (Å²) in [6.07, 6.45) is 9.06. The Hall–Kier alpha value is -4.41. The molecule has 2 fully saturated rings. The van der Waals surface area contributed by atoms with Crippen LogP contribution in [0.25, 0.3) is 22.7 Å². The van der Waals surface area contributed by atoms with Crippen LogP contribution in [0.15, 0.2) is 53.6 Å². The zero-order valence-electron chi connectivity index (χ0n) is 21.4. The van der Waals surface area contributed by atoms with Crippen molar-refractivity contribution in [1.82, 2.24) is 35.0 Å². The summed E-state index contributed by atoms with van der Waals surface area (Å²) in [4.78, 5) is 37.7. The van der Waals surface area contributed by atoms with Gasteiger partial charge in [0.2, 0.25) is 11.9 Å². The average molecular weight is 512 g/mol. The number of piperazine rings is 1. The lowest BCUT2D eigenvalue weighted by Gasteiger charge is -2.34. The third-order valence-corrected chi connectivity index (χ3v) is 7.68. The fraction of sp³-hybridized carbons (Fsp3) is 0.370. The first kappa shape index (κ1) is 24.0. The smallest absolute Gasteiger partial charge is 0.278 e. The fourth-order valence-electron chi connectivity index (χ4n) is 5.09. The quantitative estimate of drug-likeness (QED) is 0.411. The van der Waals surface area contributed by atoms with Gasteiger partial charge in [0.15, 0.2) is 5.82 Å². The van der Waals surface area contributed by atoms with Crippen molar-refractivity contribution in [2.24, 2.45) is 5.92 Å². The number of nitrogen functional groups attached to an aromatic ring is 1.